The van der Waals surface area contributed by atoms with Crippen LogP contribution in [0.15, 0.2) is 18.2 Å². The van der Waals surface area contributed by atoms with Gasteiger partial charge in [0.05, 0.1) is 5.56 Å². The average Bonchev–Trinajstić information content (AvgIpc) is 2.41. The molecule has 2 rings (SSSR count). The number of benzene rings is 1. The van der Waals surface area contributed by atoms with Crippen LogP contribution in [-0.4, -0.2) is 29.7 Å². The molecule has 1 aliphatic heterocycles. The fraction of sp³-hybridized carbons (Fsp3) is 0.467. The van der Waals surface area contributed by atoms with E-state index in [2.05, 4.69) is 0 Å². The number of Topliss-reactive ketones (excluding diaryl/α,β-unsaturated/α-hetero) is 1. The molecule has 1 saturated heterocycles. The molecule has 0 bridgehead atoms. The van der Waals surface area contributed by atoms with Crippen molar-refractivity contribution in [2.45, 2.75) is 26.7 Å². The first-order valence-electron chi connectivity index (χ1n) is 6.61. The summed E-state index contributed by atoms with van der Waals surface area (Å²) in [4.78, 5) is 25.5. The lowest BCUT2D eigenvalue weighted by Gasteiger charge is -2.31. The Morgan fingerprint density at radius 1 is 1.47 bits per heavy atom. The van der Waals surface area contributed by atoms with E-state index in [4.69, 9.17) is 0 Å². The largest absolute Gasteiger partial charge is 0.337 e. The van der Waals surface area contributed by atoms with Crippen molar-refractivity contribution >= 4 is 11.7 Å². The van der Waals surface area contributed by atoms with Gasteiger partial charge >= 0.3 is 0 Å². The lowest BCUT2D eigenvalue weighted by Crippen LogP contribution is -2.44. The van der Waals surface area contributed by atoms with E-state index in [0.29, 0.717) is 19.5 Å². The number of likely N-dealkylation sites (tertiary alicyclic amines) is 1. The molecule has 1 aromatic carbocycles. The third kappa shape index (κ3) is 2.83. The van der Waals surface area contributed by atoms with Crippen molar-refractivity contribution in [1.82, 2.24) is 4.90 Å². The monoisotopic (exact) mass is 263 g/mol. The van der Waals surface area contributed by atoms with Crippen LogP contribution in [0.5, 0.6) is 0 Å². The quantitative estimate of drug-likeness (QED) is 0.822. The second-order valence-electron chi connectivity index (χ2n) is 5.06. The molecule has 3 nitrogen and oxygen atoms in total. The third-order valence-corrected chi connectivity index (χ3v) is 3.66. The summed E-state index contributed by atoms with van der Waals surface area (Å²) in [5, 5.41) is 0. The predicted molar refractivity (Wildman–Crippen MR) is 70.4 cm³/mol. The van der Waals surface area contributed by atoms with Gasteiger partial charge in [-0.2, -0.15) is 0 Å². The summed E-state index contributed by atoms with van der Waals surface area (Å²) >= 11 is 0. The Bertz CT molecular complexity index is 513. The van der Waals surface area contributed by atoms with Crippen molar-refractivity contribution < 1.29 is 14.0 Å². The maximum absolute atomic E-state index is 13.7. The molecule has 0 saturated carbocycles. The summed E-state index contributed by atoms with van der Waals surface area (Å²) in [5.74, 6) is -0.713. The molecule has 0 spiro atoms. The molecule has 1 fully saturated rings. The van der Waals surface area contributed by atoms with Crippen molar-refractivity contribution in [1.29, 1.82) is 0 Å². The Labute approximate surface area is 112 Å². The van der Waals surface area contributed by atoms with E-state index in [1.807, 2.05) is 13.8 Å². The van der Waals surface area contributed by atoms with Gasteiger partial charge in [0.2, 0.25) is 0 Å². The molecule has 1 unspecified atom stereocenters. The van der Waals surface area contributed by atoms with E-state index in [-0.39, 0.29) is 23.2 Å². The molecule has 102 valence electrons. The molecule has 1 amide bonds. The number of rotatable bonds is 2. The number of amides is 1. The number of aryl methyl sites for hydroxylation is 1. The van der Waals surface area contributed by atoms with E-state index < -0.39 is 5.82 Å². The van der Waals surface area contributed by atoms with Crippen LogP contribution in [0.3, 0.4) is 0 Å². The molecular weight excluding hydrogens is 245 g/mol. The van der Waals surface area contributed by atoms with Crippen LogP contribution in [0.1, 0.15) is 35.7 Å². The lowest BCUT2D eigenvalue weighted by molar-refractivity contribution is -0.125. The van der Waals surface area contributed by atoms with Gasteiger partial charge < -0.3 is 4.90 Å². The van der Waals surface area contributed by atoms with E-state index in [9.17, 15) is 14.0 Å². The number of hydrogen-bond acceptors (Lipinski definition) is 2. The first-order valence-corrected chi connectivity index (χ1v) is 6.61. The standard InChI is InChI=1S/C15H18FNO2/c1-3-11-9-17(7-6-14(11)18)15(19)12-8-10(2)4-5-13(12)16/h4-5,8,11H,3,6-7,9H2,1-2H3. The van der Waals surface area contributed by atoms with Gasteiger partial charge in [-0.3, -0.25) is 9.59 Å². The van der Waals surface area contributed by atoms with E-state index >= 15 is 0 Å². The van der Waals surface area contributed by atoms with Crippen LogP contribution in [-0.2, 0) is 4.79 Å². The average molecular weight is 263 g/mol. The van der Waals surface area contributed by atoms with Crippen molar-refractivity contribution in [2.24, 2.45) is 5.92 Å². The van der Waals surface area contributed by atoms with Gasteiger partial charge in [-0.25, -0.2) is 4.39 Å². The van der Waals surface area contributed by atoms with Crippen LogP contribution in [0.2, 0.25) is 0 Å². The topological polar surface area (TPSA) is 37.4 Å². The SMILES string of the molecule is CCC1CN(C(=O)c2cc(C)ccc2F)CCC1=O. The van der Waals surface area contributed by atoms with Crippen LogP contribution in [0.25, 0.3) is 0 Å². The molecule has 0 radical (unpaired) electrons. The minimum Gasteiger partial charge on any atom is -0.337 e. The van der Waals surface area contributed by atoms with Crippen molar-refractivity contribution in [3.63, 3.8) is 0 Å². The molecular formula is C15H18FNO2. The first kappa shape index (κ1) is 13.7. The number of piperidine rings is 1. The van der Waals surface area contributed by atoms with Gasteiger partial charge in [0, 0.05) is 25.4 Å². The lowest BCUT2D eigenvalue weighted by atomic mass is 9.93. The van der Waals surface area contributed by atoms with Crippen molar-refractivity contribution in [2.75, 3.05) is 13.1 Å². The van der Waals surface area contributed by atoms with Crippen molar-refractivity contribution in [3.8, 4) is 0 Å². The fourth-order valence-corrected chi connectivity index (χ4v) is 2.42. The number of ketones is 1. The zero-order valence-corrected chi connectivity index (χ0v) is 11.3. The predicted octanol–water partition coefficient (Wildman–Crippen LogP) is 2.58. The molecule has 0 aliphatic carbocycles. The summed E-state index contributed by atoms with van der Waals surface area (Å²) in [7, 11) is 0. The molecule has 0 aromatic heterocycles. The molecule has 1 heterocycles. The van der Waals surface area contributed by atoms with Gasteiger partial charge in [-0.1, -0.05) is 18.6 Å². The minimum absolute atomic E-state index is 0.101. The maximum atomic E-state index is 13.7. The Morgan fingerprint density at radius 3 is 2.89 bits per heavy atom. The summed E-state index contributed by atoms with van der Waals surface area (Å²) < 4.78 is 13.7. The van der Waals surface area contributed by atoms with Gasteiger partial charge in [-0.05, 0) is 25.5 Å². The van der Waals surface area contributed by atoms with Crippen LogP contribution < -0.4 is 0 Å². The number of hydrogen-bond donors (Lipinski definition) is 0. The van der Waals surface area contributed by atoms with E-state index in [0.717, 1.165) is 12.0 Å². The molecule has 0 N–H and O–H groups in total. The summed E-state index contributed by atoms with van der Waals surface area (Å²) in [6, 6.07) is 4.52. The molecule has 19 heavy (non-hydrogen) atoms. The fourth-order valence-electron chi connectivity index (χ4n) is 2.42. The van der Waals surface area contributed by atoms with Crippen molar-refractivity contribution in [3.05, 3.63) is 35.1 Å². The second-order valence-corrected chi connectivity index (χ2v) is 5.06. The summed E-state index contributed by atoms with van der Waals surface area (Å²) in [6.07, 6.45) is 1.09. The van der Waals surface area contributed by atoms with E-state index in [1.54, 1.807) is 17.0 Å². The number of nitrogens with zero attached hydrogens (tertiary/aromatic N) is 1. The summed E-state index contributed by atoms with van der Waals surface area (Å²) in [5.41, 5.74) is 0.953. The normalized spacial score (nSPS) is 19.6. The first-order chi connectivity index (χ1) is 9.02. The highest BCUT2D eigenvalue weighted by Gasteiger charge is 2.29. The number of carbonyl (C=O) groups excluding carboxylic acids is 2. The Hall–Kier alpha value is -1.71. The Balaban J connectivity index is 2.20. The second kappa shape index (κ2) is 5.51. The maximum Gasteiger partial charge on any atom is 0.256 e. The van der Waals surface area contributed by atoms with Gasteiger partial charge in [0.15, 0.2) is 0 Å². The zero-order chi connectivity index (χ0) is 14.0. The molecule has 4 heteroatoms. The van der Waals surface area contributed by atoms with Gasteiger partial charge in [-0.15, -0.1) is 0 Å². The Kier molecular flexibility index (Phi) is 3.98. The highest BCUT2D eigenvalue weighted by molar-refractivity contribution is 5.96. The smallest absolute Gasteiger partial charge is 0.256 e. The Morgan fingerprint density at radius 2 is 2.21 bits per heavy atom. The highest BCUT2D eigenvalue weighted by Crippen LogP contribution is 2.20. The number of halogens is 1. The molecule has 1 atom stereocenters. The summed E-state index contributed by atoms with van der Waals surface area (Å²) in [6.45, 7) is 4.55. The molecule has 1 aromatic rings. The van der Waals surface area contributed by atoms with Gasteiger partial charge in [0.25, 0.3) is 5.91 Å². The van der Waals surface area contributed by atoms with Crippen LogP contribution >= 0.6 is 0 Å². The van der Waals surface area contributed by atoms with Gasteiger partial charge in [0.1, 0.15) is 11.6 Å². The zero-order valence-electron chi connectivity index (χ0n) is 11.3. The third-order valence-electron chi connectivity index (χ3n) is 3.66. The minimum atomic E-state index is -0.499. The number of carbonyl (C=O) groups is 2. The van der Waals surface area contributed by atoms with E-state index in [1.165, 1.54) is 6.07 Å². The highest BCUT2D eigenvalue weighted by atomic mass is 19.1. The molecule has 1 aliphatic rings. The van der Waals surface area contributed by atoms with Crippen LogP contribution in [0.4, 0.5) is 4.39 Å². The van der Waals surface area contributed by atoms with Crippen LogP contribution in [0, 0.1) is 18.7 Å².